The van der Waals surface area contributed by atoms with Crippen LogP contribution in [0.5, 0.6) is 0 Å². The van der Waals surface area contributed by atoms with Gasteiger partial charge in [-0.25, -0.2) is 0 Å². The number of ether oxygens (including phenoxy) is 1. The van der Waals surface area contributed by atoms with Gasteiger partial charge < -0.3 is 4.74 Å². The first-order valence-corrected chi connectivity index (χ1v) is 8.19. The zero-order valence-electron chi connectivity index (χ0n) is 11.6. The number of carbonyl (C=O) groups is 1. The molecule has 6 unspecified atom stereocenters. The maximum absolute atomic E-state index is 12.7. The molecular formula is C17H24O2. The van der Waals surface area contributed by atoms with E-state index in [1.807, 2.05) is 6.26 Å². The normalized spacial score (nSPS) is 48.7. The highest BCUT2D eigenvalue weighted by Gasteiger charge is 2.51. The zero-order chi connectivity index (χ0) is 12.8. The molecule has 1 heterocycles. The highest BCUT2D eigenvalue weighted by Crippen LogP contribution is 2.50. The van der Waals surface area contributed by atoms with E-state index in [0.717, 1.165) is 6.42 Å². The molecule has 6 atom stereocenters. The van der Waals surface area contributed by atoms with Gasteiger partial charge in [0.25, 0.3) is 0 Å². The van der Waals surface area contributed by atoms with Crippen molar-refractivity contribution < 1.29 is 9.53 Å². The molecule has 19 heavy (non-hydrogen) atoms. The quantitative estimate of drug-likeness (QED) is 0.663. The molecule has 2 heteroatoms. The molecule has 1 aliphatic heterocycles. The van der Waals surface area contributed by atoms with Gasteiger partial charge in [0.2, 0.25) is 0 Å². The standard InChI is InChI=1S/C17H24O2/c18-15-10-12-4-1-2-6-14(12)17-16(15)13-7-3-5-11(13)8-9-19-17/h8-9,11-14,16-17H,1-7,10H2. The lowest BCUT2D eigenvalue weighted by Gasteiger charge is -2.45. The van der Waals surface area contributed by atoms with E-state index in [0.29, 0.717) is 29.5 Å². The van der Waals surface area contributed by atoms with Crippen molar-refractivity contribution >= 4 is 5.78 Å². The topological polar surface area (TPSA) is 26.3 Å². The van der Waals surface area contributed by atoms with Gasteiger partial charge in [-0.2, -0.15) is 0 Å². The summed E-state index contributed by atoms with van der Waals surface area (Å²) >= 11 is 0. The van der Waals surface area contributed by atoms with Crippen LogP contribution in [0.15, 0.2) is 12.3 Å². The Morgan fingerprint density at radius 2 is 1.84 bits per heavy atom. The molecular weight excluding hydrogens is 236 g/mol. The van der Waals surface area contributed by atoms with E-state index in [4.69, 9.17) is 4.74 Å². The predicted octanol–water partition coefficient (Wildman–Crippen LogP) is 3.71. The summed E-state index contributed by atoms with van der Waals surface area (Å²) in [6.45, 7) is 0. The summed E-state index contributed by atoms with van der Waals surface area (Å²) in [7, 11) is 0. The Morgan fingerprint density at radius 1 is 1.00 bits per heavy atom. The lowest BCUT2D eigenvalue weighted by molar-refractivity contribution is -0.142. The van der Waals surface area contributed by atoms with Crippen LogP contribution in [0.4, 0.5) is 0 Å². The molecule has 3 aliphatic carbocycles. The van der Waals surface area contributed by atoms with Gasteiger partial charge in [0.05, 0.1) is 12.2 Å². The number of hydrogen-bond acceptors (Lipinski definition) is 2. The average Bonchev–Trinajstić information content (AvgIpc) is 2.79. The van der Waals surface area contributed by atoms with Gasteiger partial charge in [-0.3, -0.25) is 4.79 Å². The number of fused-ring (bicyclic) bond motifs is 5. The minimum absolute atomic E-state index is 0.205. The molecule has 0 aromatic carbocycles. The van der Waals surface area contributed by atoms with Gasteiger partial charge in [0, 0.05) is 6.42 Å². The van der Waals surface area contributed by atoms with Gasteiger partial charge in [-0.1, -0.05) is 19.3 Å². The van der Waals surface area contributed by atoms with Crippen molar-refractivity contribution in [3.8, 4) is 0 Å². The lowest BCUT2D eigenvalue weighted by Crippen LogP contribution is -2.49. The lowest BCUT2D eigenvalue weighted by atomic mass is 9.61. The second-order valence-electron chi connectivity index (χ2n) is 7.09. The highest BCUT2D eigenvalue weighted by atomic mass is 16.5. The molecule has 0 spiro atoms. The van der Waals surface area contributed by atoms with Crippen LogP contribution < -0.4 is 0 Å². The Bertz CT molecular complexity index is 400. The summed E-state index contributed by atoms with van der Waals surface area (Å²) in [5, 5.41) is 0. The van der Waals surface area contributed by atoms with Gasteiger partial charge in [0.15, 0.2) is 0 Å². The van der Waals surface area contributed by atoms with E-state index >= 15 is 0 Å². The molecule has 4 aliphatic rings. The molecule has 0 aromatic heterocycles. The number of carbonyl (C=O) groups excluding carboxylic acids is 1. The number of rotatable bonds is 0. The number of allylic oxidation sites excluding steroid dienone is 1. The molecule has 0 saturated heterocycles. The average molecular weight is 260 g/mol. The summed E-state index contributed by atoms with van der Waals surface area (Å²) < 4.78 is 6.08. The summed E-state index contributed by atoms with van der Waals surface area (Å²) in [6.07, 6.45) is 14.2. The van der Waals surface area contributed by atoms with Crippen LogP contribution in [0, 0.1) is 29.6 Å². The van der Waals surface area contributed by atoms with Crippen molar-refractivity contribution in [3.63, 3.8) is 0 Å². The van der Waals surface area contributed by atoms with E-state index in [1.165, 1.54) is 44.9 Å². The molecule has 4 rings (SSSR count). The van der Waals surface area contributed by atoms with Gasteiger partial charge >= 0.3 is 0 Å². The van der Waals surface area contributed by atoms with Crippen LogP contribution >= 0.6 is 0 Å². The first kappa shape index (κ1) is 12.0. The van der Waals surface area contributed by atoms with Crippen molar-refractivity contribution in [1.29, 1.82) is 0 Å². The molecule has 0 radical (unpaired) electrons. The minimum Gasteiger partial charge on any atom is -0.497 e. The fourth-order valence-corrected chi connectivity index (χ4v) is 5.37. The van der Waals surface area contributed by atoms with Gasteiger partial charge in [0.1, 0.15) is 11.9 Å². The Balaban J connectivity index is 1.67. The van der Waals surface area contributed by atoms with Crippen LogP contribution in [-0.2, 0) is 9.53 Å². The van der Waals surface area contributed by atoms with Gasteiger partial charge in [-0.15, -0.1) is 0 Å². The van der Waals surface area contributed by atoms with Crippen molar-refractivity contribution in [3.05, 3.63) is 12.3 Å². The number of Topliss-reactive ketones (excluding diaryl/α,β-unsaturated/α-hetero) is 1. The van der Waals surface area contributed by atoms with Crippen molar-refractivity contribution in [1.82, 2.24) is 0 Å². The van der Waals surface area contributed by atoms with Crippen molar-refractivity contribution in [2.24, 2.45) is 29.6 Å². The molecule has 0 aromatic rings. The van der Waals surface area contributed by atoms with Crippen LogP contribution in [0.1, 0.15) is 51.4 Å². The summed E-state index contributed by atoms with van der Waals surface area (Å²) in [6, 6.07) is 0. The van der Waals surface area contributed by atoms with Crippen LogP contribution in [0.3, 0.4) is 0 Å². The third-order valence-electron chi connectivity index (χ3n) is 6.23. The fraction of sp³-hybridized carbons (Fsp3) is 0.824. The third kappa shape index (κ3) is 1.86. The zero-order valence-corrected chi connectivity index (χ0v) is 11.6. The highest BCUT2D eigenvalue weighted by molar-refractivity contribution is 5.83. The summed E-state index contributed by atoms with van der Waals surface area (Å²) in [4.78, 5) is 12.7. The van der Waals surface area contributed by atoms with E-state index in [1.54, 1.807) is 0 Å². The van der Waals surface area contributed by atoms with Crippen molar-refractivity contribution in [2.45, 2.75) is 57.5 Å². The Morgan fingerprint density at radius 3 is 2.79 bits per heavy atom. The van der Waals surface area contributed by atoms with E-state index in [9.17, 15) is 4.79 Å². The molecule has 0 amide bonds. The third-order valence-corrected chi connectivity index (χ3v) is 6.23. The monoisotopic (exact) mass is 260 g/mol. The second kappa shape index (κ2) is 4.64. The Labute approximate surface area is 115 Å². The van der Waals surface area contributed by atoms with Crippen LogP contribution in [-0.4, -0.2) is 11.9 Å². The summed E-state index contributed by atoms with van der Waals surface area (Å²) in [5.74, 6) is 3.20. The minimum atomic E-state index is 0.205. The molecule has 104 valence electrons. The number of ketones is 1. The second-order valence-corrected chi connectivity index (χ2v) is 7.09. The Kier molecular flexibility index (Phi) is 2.93. The maximum Gasteiger partial charge on any atom is 0.140 e. The number of hydrogen-bond donors (Lipinski definition) is 0. The smallest absolute Gasteiger partial charge is 0.140 e. The first-order chi connectivity index (χ1) is 9.34. The molecule has 3 saturated carbocycles. The maximum atomic E-state index is 12.7. The molecule has 0 bridgehead atoms. The fourth-order valence-electron chi connectivity index (χ4n) is 5.37. The van der Waals surface area contributed by atoms with Gasteiger partial charge in [-0.05, 0) is 55.4 Å². The van der Waals surface area contributed by atoms with Crippen LogP contribution in [0.2, 0.25) is 0 Å². The van der Waals surface area contributed by atoms with E-state index < -0.39 is 0 Å². The summed E-state index contributed by atoms with van der Waals surface area (Å²) in [5.41, 5.74) is 0. The molecule has 2 nitrogen and oxygen atoms in total. The van der Waals surface area contributed by atoms with E-state index in [2.05, 4.69) is 6.08 Å². The molecule has 0 N–H and O–H groups in total. The first-order valence-electron chi connectivity index (χ1n) is 8.19. The largest absolute Gasteiger partial charge is 0.497 e. The van der Waals surface area contributed by atoms with Crippen molar-refractivity contribution in [2.75, 3.05) is 0 Å². The predicted molar refractivity (Wildman–Crippen MR) is 73.4 cm³/mol. The molecule has 3 fully saturated rings. The van der Waals surface area contributed by atoms with E-state index in [-0.39, 0.29) is 12.0 Å². The Hall–Kier alpha value is -0.790. The van der Waals surface area contributed by atoms with Crippen LogP contribution in [0.25, 0.3) is 0 Å². The SMILES string of the molecule is O=C1CC2CCCCC2C2OC=CC3CCCC3C12.